The van der Waals surface area contributed by atoms with E-state index in [1.54, 1.807) is 0 Å². The van der Waals surface area contributed by atoms with Crippen molar-refractivity contribution in [3.05, 3.63) is 0 Å². The van der Waals surface area contributed by atoms with Gasteiger partial charge in [-0.2, -0.15) is 0 Å². The van der Waals surface area contributed by atoms with Gasteiger partial charge in [-0.1, -0.05) is 26.1 Å². The second-order valence-electron chi connectivity index (χ2n) is 5.08. The largest absolute Gasteiger partial charge is 0.393 e. The summed E-state index contributed by atoms with van der Waals surface area (Å²) in [4.78, 5) is 3.24. The Bertz CT molecular complexity index is 204. The Labute approximate surface area is 99.2 Å². The second kappa shape index (κ2) is 6.44. The molecule has 1 aliphatic rings. The lowest BCUT2D eigenvalue weighted by atomic mass is 9.97. The zero-order valence-corrected chi connectivity index (χ0v) is 10.9. The minimum Gasteiger partial charge on any atom is -0.393 e. The number of nitrogens with two attached hydrogens (primary N) is 1. The summed E-state index contributed by atoms with van der Waals surface area (Å²) >= 11 is 5.07. The molecule has 0 spiro atoms. The Hall–Kier alpha value is -0.150. The van der Waals surface area contributed by atoms with Crippen molar-refractivity contribution in [3.8, 4) is 0 Å². The fourth-order valence-electron chi connectivity index (χ4n) is 2.21. The number of likely N-dealkylation sites (tertiary alicyclic amines) is 1. The van der Waals surface area contributed by atoms with Crippen molar-refractivity contribution in [2.45, 2.75) is 39.5 Å². The van der Waals surface area contributed by atoms with Gasteiger partial charge in [0, 0.05) is 12.5 Å². The zero-order valence-electron chi connectivity index (χ0n) is 10.0. The van der Waals surface area contributed by atoms with Crippen LogP contribution in [0, 0.1) is 11.8 Å². The number of nitrogens with zero attached hydrogens (tertiary/aromatic N) is 1. The molecule has 1 rings (SSSR count). The number of rotatable bonds is 5. The Balaban J connectivity index is 2.21. The third-order valence-electron chi connectivity index (χ3n) is 3.16. The van der Waals surface area contributed by atoms with Crippen LogP contribution < -0.4 is 5.73 Å². The molecular weight excluding hydrogens is 204 g/mol. The van der Waals surface area contributed by atoms with Gasteiger partial charge < -0.3 is 10.6 Å². The molecule has 0 bridgehead atoms. The molecule has 0 aromatic rings. The van der Waals surface area contributed by atoms with Crippen LogP contribution in [0.25, 0.3) is 0 Å². The average Bonchev–Trinajstić information content (AvgIpc) is 2.17. The van der Waals surface area contributed by atoms with Gasteiger partial charge in [0.25, 0.3) is 0 Å². The maximum absolute atomic E-state index is 5.71. The summed E-state index contributed by atoms with van der Waals surface area (Å²) < 4.78 is 0. The molecule has 1 saturated heterocycles. The highest BCUT2D eigenvalue weighted by Gasteiger charge is 2.21. The third-order valence-corrected chi connectivity index (χ3v) is 3.50. The van der Waals surface area contributed by atoms with Crippen molar-refractivity contribution in [1.29, 1.82) is 0 Å². The quantitative estimate of drug-likeness (QED) is 0.733. The van der Waals surface area contributed by atoms with Gasteiger partial charge in [-0.3, -0.25) is 0 Å². The molecule has 3 heteroatoms. The molecule has 1 heterocycles. The first-order valence-electron chi connectivity index (χ1n) is 6.11. The Morgan fingerprint density at radius 1 is 1.53 bits per heavy atom. The lowest BCUT2D eigenvalue weighted by Gasteiger charge is -2.32. The highest BCUT2D eigenvalue weighted by atomic mass is 32.1. The van der Waals surface area contributed by atoms with Crippen molar-refractivity contribution < 1.29 is 0 Å². The molecule has 0 amide bonds. The number of thiocarbonyl (C=S) groups is 1. The summed E-state index contributed by atoms with van der Waals surface area (Å²) in [5.41, 5.74) is 5.71. The predicted molar refractivity (Wildman–Crippen MR) is 70.0 cm³/mol. The molecule has 88 valence electrons. The summed E-state index contributed by atoms with van der Waals surface area (Å²) in [6.07, 6.45) is 5.08. The van der Waals surface area contributed by atoms with Crippen LogP contribution in [-0.2, 0) is 0 Å². The van der Waals surface area contributed by atoms with Crippen LogP contribution in [0.4, 0.5) is 0 Å². The first-order chi connectivity index (χ1) is 7.09. The smallest absolute Gasteiger partial charge is 0.0771 e. The van der Waals surface area contributed by atoms with Crippen LogP contribution >= 0.6 is 12.2 Å². The summed E-state index contributed by atoms with van der Waals surface area (Å²) in [5, 5.41) is 0. The normalized spacial score (nSPS) is 23.3. The van der Waals surface area contributed by atoms with Crippen molar-refractivity contribution in [1.82, 2.24) is 4.90 Å². The molecule has 1 unspecified atom stereocenters. The van der Waals surface area contributed by atoms with Crippen molar-refractivity contribution >= 4 is 17.2 Å². The Morgan fingerprint density at radius 3 is 2.87 bits per heavy atom. The number of hydrogen-bond donors (Lipinski definition) is 1. The summed E-state index contributed by atoms with van der Waals surface area (Å²) in [6.45, 7) is 8.12. The lowest BCUT2D eigenvalue weighted by Crippen LogP contribution is -2.40. The van der Waals surface area contributed by atoms with Crippen molar-refractivity contribution in [2.24, 2.45) is 17.6 Å². The summed E-state index contributed by atoms with van der Waals surface area (Å²) in [6, 6.07) is 0. The molecule has 1 aliphatic heterocycles. The van der Waals surface area contributed by atoms with E-state index in [4.69, 9.17) is 18.0 Å². The lowest BCUT2D eigenvalue weighted by molar-refractivity contribution is 0.199. The third kappa shape index (κ3) is 4.94. The fraction of sp³-hybridized carbons (Fsp3) is 0.917. The topological polar surface area (TPSA) is 29.3 Å². The standard InChI is InChI=1S/C12H24N2S/c1-10(2)5-3-7-14-8-4-6-11(9-14)12(13)15/h10-11H,3-9H2,1-2H3,(H2,13,15). The first-order valence-corrected chi connectivity index (χ1v) is 6.52. The van der Waals surface area contributed by atoms with Crippen LogP contribution in [0.1, 0.15) is 39.5 Å². The Kier molecular flexibility index (Phi) is 5.54. The first kappa shape index (κ1) is 12.9. The minimum atomic E-state index is 0.466. The highest BCUT2D eigenvalue weighted by molar-refractivity contribution is 7.80. The zero-order chi connectivity index (χ0) is 11.3. The average molecular weight is 228 g/mol. The van der Waals surface area contributed by atoms with E-state index in [1.165, 1.54) is 38.8 Å². The molecule has 2 N–H and O–H groups in total. The van der Waals surface area contributed by atoms with Gasteiger partial charge in [-0.25, -0.2) is 0 Å². The van der Waals surface area contributed by atoms with E-state index >= 15 is 0 Å². The van der Waals surface area contributed by atoms with Gasteiger partial charge in [0.15, 0.2) is 0 Å². The van der Waals surface area contributed by atoms with E-state index < -0.39 is 0 Å². The van der Waals surface area contributed by atoms with Gasteiger partial charge in [0.1, 0.15) is 0 Å². The molecule has 2 nitrogen and oxygen atoms in total. The monoisotopic (exact) mass is 228 g/mol. The second-order valence-corrected chi connectivity index (χ2v) is 5.55. The Morgan fingerprint density at radius 2 is 2.27 bits per heavy atom. The maximum Gasteiger partial charge on any atom is 0.0771 e. The van der Waals surface area contributed by atoms with Crippen molar-refractivity contribution in [3.63, 3.8) is 0 Å². The molecule has 0 radical (unpaired) electrons. The molecule has 0 aromatic heterocycles. The van der Waals surface area contributed by atoms with Gasteiger partial charge in [-0.15, -0.1) is 0 Å². The van der Waals surface area contributed by atoms with Crippen LogP contribution in [-0.4, -0.2) is 29.5 Å². The van der Waals surface area contributed by atoms with Crippen LogP contribution in [0.15, 0.2) is 0 Å². The number of piperidine rings is 1. The number of hydrogen-bond acceptors (Lipinski definition) is 2. The molecule has 1 fully saturated rings. The summed E-state index contributed by atoms with van der Waals surface area (Å²) in [7, 11) is 0. The SMILES string of the molecule is CC(C)CCCN1CCCC(C(N)=S)C1. The predicted octanol–water partition coefficient (Wildman–Crippen LogP) is 2.42. The van der Waals surface area contributed by atoms with Crippen LogP contribution in [0.5, 0.6) is 0 Å². The highest BCUT2D eigenvalue weighted by Crippen LogP contribution is 2.17. The van der Waals surface area contributed by atoms with E-state index in [-0.39, 0.29) is 0 Å². The minimum absolute atomic E-state index is 0.466. The van der Waals surface area contributed by atoms with E-state index in [0.717, 1.165) is 12.5 Å². The van der Waals surface area contributed by atoms with E-state index in [1.807, 2.05) is 0 Å². The molecule has 1 atom stereocenters. The van der Waals surface area contributed by atoms with E-state index in [9.17, 15) is 0 Å². The van der Waals surface area contributed by atoms with Gasteiger partial charge in [0.2, 0.25) is 0 Å². The molecule has 0 aliphatic carbocycles. The van der Waals surface area contributed by atoms with Crippen LogP contribution in [0.2, 0.25) is 0 Å². The van der Waals surface area contributed by atoms with E-state index in [2.05, 4.69) is 18.7 Å². The molecule has 0 saturated carbocycles. The fourth-order valence-corrected chi connectivity index (χ4v) is 2.41. The van der Waals surface area contributed by atoms with Crippen molar-refractivity contribution in [2.75, 3.05) is 19.6 Å². The summed E-state index contributed by atoms with van der Waals surface area (Å²) in [5.74, 6) is 1.29. The molecule has 0 aromatic carbocycles. The van der Waals surface area contributed by atoms with Gasteiger partial charge in [-0.05, 0) is 44.7 Å². The van der Waals surface area contributed by atoms with Gasteiger partial charge in [0.05, 0.1) is 4.99 Å². The maximum atomic E-state index is 5.71. The molecular formula is C12H24N2S. The van der Waals surface area contributed by atoms with Gasteiger partial charge >= 0.3 is 0 Å². The van der Waals surface area contributed by atoms with E-state index in [0.29, 0.717) is 10.9 Å². The molecule has 15 heavy (non-hydrogen) atoms. The van der Waals surface area contributed by atoms with Crippen LogP contribution in [0.3, 0.4) is 0 Å².